The Balaban J connectivity index is 2.01. The third-order valence-corrected chi connectivity index (χ3v) is 3.79. The van der Waals surface area contributed by atoms with Crippen molar-refractivity contribution in [2.24, 2.45) is 0 Å². The molecular formula is C15H14BrClFN. The van der Waals surface area contributed by atoms with E-state index in [0.717, 1.165) is 22.7 Å². The molecule has 2 aromatic rings. The molecule has 0 amide bonds. The summed E-state index contributed by atoms with van der Waals surface area (Å²) in [6.07, 6.45) is 0. The van der Waals surface area contributed by atoms with Gasteiger partial charge in [0, 0.05) is 17.6 Å². The van der Waals surface area contributed by atoms with Crippen LogP contribution in [0.5, 0.6) is 0 Å². The standard InChI is InChI=1S/C15H14BrClFN/c1-10(12-5-6-15(18)14(16)8-12)19-9-11-3-2-4-13(17)7-11/h2-8,10,19H,9H2,1H3. The minimum atomic E-state index is -0.245. The van der Waals surface area contributed by atoms with E-state index in [1.807, 2.05) is 31.2 Å². The van der Waals surface area contributed by atoms with Gasteiger partial charge < -0.3 is 5.32 Å². The molecule has 2 rings (SSSR count). The third kappa shape index (κ3) is 4.03. The van der Waals surface area contributed by atoms with Crippen molar-refractivity contribution >= 4 is 27.5 Å². The predicted octanol–water partition coefficient (Wildman–Crippen LogP) is 5.09. The highest BCUT2D eigenvalue weighted by Crippen LogP contribution is 2.21. The quantitative estimate of drug-likeness (QED) is 0.816. The Bertz CT molecular complexity index is 574. The second-order valence-corrected chi connectivity index (χ2v) is 5.70. The van der Waals surface area contributed by atoms with E-state index in [2.05, 4.69) is 21.2 Å². The second-order valence-electron chi connectivity index (χ2n) is 4.41. The van der Waals surface area contributed by atoms with E-state index in [1.165, 1.54) is 6.07 Å². The number of hydrogen-bond donors (Lipinski definition) is 1. The van der Waals surface area contributed by atoms with Gasteiger partial charge in [0.15, 0.2) is 0 Å². The predicted molar refractivity (Wildman–Crippen MR) is 80.8 cm³/mol. The molecule has 1 N–H and O–H groups in total. The molecule has 4 heteroatoms. The fraction of sp³-hybridized carbons (Fsp3) is 0.200. The van der Waals surface area contributed by atoms with Crippen LogP contribution in [0, 0.1) is 5.82 Å². The molecule has 1 nitrogen and oxygen atoms in total. The zero-order valence-corrected chi connectivity index (χ0v) is 12.8. The summed E-state index contributed by atoms with van der Waals surface area (Å²) in [6, 6.07) is 12.9. The molecule has 1 unspecified atom stereocenters. The molecular weight excluding hydrogens is 329 g/mol. The lowest BCUT2D eigenvalue weighted by Gasteiger charge is -2.15. The molecule has 100 valence electrons. The SMILES string of the molecule is CC(NCc1cccc(Cl)c1)c1ccc(F)c(Br)c1. The minimum absolute atomic E-state index is 0.135. The maximum Gasteiger partial charge on any atom is 0.137 e. The molecule has 0 aliphatic carbocycles. The molecule has 0 saturated heterocycles. The number of rotatable bonds is 4. The molecule has 19 heavy (non-hydrogen) atoms. The summed E-state index contributed by atoms with van der Waals surface area (Å²) in [5, 5.41) is 4.12. The average Bonchev–Trinajstić information content (AvgIpc) is 2.39. The largest absolute Gasteiger partial charge is 0.306 e. The van der Waals surface area contributed by atoms with Crippen LogP contribution < -0.4 is 5.32 Å². The topological polar surface area (TPSA) is 12.0 Å². The lowest BCUT2D eigenvalue weighted by atomic mass is 10.1. The first-order valence-electron chi connectivity index (χ1n) is 5.99. The first-order valence-corrected chi connectivity index (χ1v) is 7.16. The van der Waals surface area contributed by atoms with Crippen LogP contribution in [0.3, 0.4) is 0 Å². The first kappa shape index (κ1) is 14.5. The smallest absolute Gasteiger partial charge is 0.137 e. The van der Waals surface area contributed by atoms with Crippen LogP contribution in [0.15, 0.2) is 46.9 Å². The molecule has 0 heterocycles. The fourth-order valence-electron chi connectivity index (χ4n) is 1.82. The minimum Gasteiger partial charge on any atom is -0.306 e. The van der Waals surface area contributed by atoms with Crippen molar-refractivity contribution in [3.05, 3.63) is 68.9 Å². The van der Waals surface area contributed by atoms with Crippen molar-refractivity contribution in [1.29, 1.82) is 0 Å². The van der Waals surface area contributed by atoms with Crippen LogP contribution in [-0.2, 0) is 6.54 Å². The monoisotopic (exact) mass is 341 g/mol. The Labute approximate surface area is 125 Å². The molecule has 0 aliphatic heterocycles. The van der Waals surface area contributed by atoms with Gasteiger partial charge in [0.1, 0.15) is 5.82 Å². The molecule has 2 aromatic carbocycles. The molecule has 1 atom stereocenters. The van der Waals surface area contributed by atoms with Gasteiger partial charge in [-0.3, -0.25) is 0 Å². The normalized spacial score (nSPS) is 12.4. The van der Waals surface area contributed by atoms with Gasteiger partial charge in [-0.25, -0.2) is 4.39 Å². The van der Waals surface area contributed by atoms with Crippen molar-refractivity contribution in [2.75, 3.05) is 0 Å². The van der Waals surface area contributed by atoms with E-state index < -0.39 is 0 Å². The lowest BCUT2D eigenvalue weighted by molar-refractivity contribution is 0.570. The molecule has 0 aromatic heterocycles. The van der Waals surface area contributed by atoms with E-state index in [4.69, 9.17) is 11.6 Å². The van der Waals surface area contributed by atoms with E-state index >= 15 is 0 Å². The van der Waals surface area contributed by atoms with Crippen LogP contribution in [0.1, 0.15) is 24.1 Å². The molecule has 0 spiro atoms. The second kappa shape index (κ2) is 6.51. The van der Waals surface area contributed by atoms with Crippen molar-refractivity contribution in [2.45, 2.75) is 19.5 Å². The Morgan fingerprint density at radius 1 is 1.26 bits per heavy atom. The summed E-state index contributed by atoms with van der Waals surface area (Å²) in [5.74, 6) is -0.245. The van der Waals surface area contributed by atoms with Crippen LogP contribution in [0.4, 0.5) is 4.39 Å². The van der Waals surface area contributed by atoms with E-state index in [9.17, 15) is 4.39 Å². The molecule has 0 fully saturated rings. The van der Waals surface area contributed by atoms with Gasteiger partial charge in [-0.1, -0.05) is 29.8 Å². The van der Waals surface area contributed by atoms with Gasteiger partial charge in [-0.05, 0) is 58.2 Å². The van der Waals surface area contributed by atoms with Crippen LogP contribution in [-0.4, -0.2) is 0 Å². The van der Waals surface area contributed by atoms with Gasteiger partial charge in [0.2, 0.25) is 0 Å². The summed E-state index contributed by atoms with van der Waals surface area (Å²) in [4.78, 5) is 0. The van der Waals surface area contributed by atoms with Crippen molar-refractivity contribution in [3.63, 3.8) is 0 Å². The first-order chi connectivity index (χ1) is 9.06. The molecule has 0 radical (unpaired) electrons. The van der Waals surface area contributed by atoms with Crippen molar-refractivity contribution in [3.8, 4) is 0 Å². The molecule has 0 saturated carbocycles. The van der Waals surface area contributed by atoms with Gasteiger partial charge >= 0.3 is 0 Å². The van der Waals surface area contributed by atoms with Gasteiger partial charge in [-0.15, -0.1) is 0 Å². The summed E-state index contributed by atoms with van der Waals surface area (Å²) >= 11 is 9.14. The zero-order chi connectivity index (χ0) is 13.8. The van der Waals surface area contributed by atoms with E-state index in [1.54, 1.807) is 12.1 Å². The Kier molecular flexibility index (Phi) is 4.97. The highest BCUT2D eigenvalue weighted by Gasteiger charge is 2.07. The molecule has 0 bridgehead atoms. The Morgan fingerprint density at radius 3 is 2.74 bits per heavy atom. The van der Waals surface area contributed by atoms with Gasteiger partial charge in [0.05, 0.1) is 4.47 Å². The maximum atomic E-state index is 13.2. The Morgan fingerprint density at radius 2 is 2.05 bits per heavy atom. The summed E-state index contributed by atoms with van der Waals surface area (Å²) < 4.78 is 13.7. The number of nitrogens with one attached hydrogen (secondary N) is 1. The highest BCUT2D eigenvalue weighted by molar-refractivity contribution is 9.10. The van der Waals surface area contributed by atoms with Crippen LogP contribution in [0.2, 0.25) is 5.02 Å². The van der Waals surface area contributed by atoms with E-state index in [-0.39, 0.29) is 11.9 Å². The Hall–Kier alpha value is -0.900. The third-order valence-electron chi connectivity index (χ3n) is 2.95. The fourth-order valence-corrected chi connectivity index (χ4v) is 2.43. The zero-order valence-electron chi connectivity index (χ0n) is 10.5. The average molecular weight is 343 g/mol. The van der Waals surface area contributed by atoms with Crippen molar-refractivity contribution in [1.82, 2.24) is 5.32 Å². The van der Waals surface area contributed by atoms with Crippen LogP contribution >= 0.6 is 27.5 Å². The van der Waals surface area contributed by atoms with Gasteiger partial charge in [-0.2, -0.15) is 0 Å². The maximum absolute atomic E-state index is 13.2. The number of hydrogen-bond acceptors (Lipinski definition) is 1. The molecule has 0 aliphatic rings. The lowest BCUT2D eigenvalue weighted by Crippen LogP contribution is -2.18. The van der Waals surface area contributed by atoms with E-state index in [0.29, 0.717) is 4.47 Å². The highest BCUT2D eigenvalue weighted by atomic mass is 79.9. The van der Waals surface area contributed by atoms with Crippen molar-refractivity contribution < 1.29 is 4.39 Å². The summed E-state index contributed by atoms with van der Waals surface area (Å²) in [6.45, 7) is 2.76. The van der Waals surface area contributed by atoms with Gasteiger partial charge in [0.25, 0.3) is 0 Å². The summed E-state index contributed by atoms with van der Waals surface area (Å²) in [7, 11) is 0. The number of halogens is 3. The summed E-state index contributed by atoms with van der Waals surface area (Å²) in [5.41, 5.74) is 2.16. The number of benzene rings is 2. The van der Waals surface area contributed by atoms with Crippen LogP contribution in [0.25, 0.3) is 0 Å².